The molecule has 1 atom stereocenters. The molecule has 1 unspecified atom stereocenters. The van der Waals surface area contributed by atoms with Crippen molar-refractivity contribution < 1.29 is 19.2 Å². The van der Waals surface area contributed by atoms with Gasteiger partial charge in [-0.2, -0.15) is 5.10 Å². The highest BCUT2D eigenvalue weighted by Gasteiger charge is 2.45. The molecule has 3 aliphatic rings. The third-order valence-electron chi connectivity index (χ3n) is 6.90. The van der Waals surface area contributed by atoms with Gasteiger partial charge in [0, 0.05) is 58.3 Å². The standard InChI is InChI=1S/C24H29N7O4/c1-14-17(22(29(2)28-14)30-10-8-25-9-11-30)13-26-12-15-4-3-5-16-20(15)24(35)31(23(16)34)18-6-7-19(32)27-21(18)33/h3-5,18,25-26H,6-13H2,1-2H3,(H,27,32,33). The number of aromatic nitrogens is 2. The van der Waals surface area contributed by atoms with E-state index >= 15 is 0 Å². The molecule has 35 heavy (non-hydrogen) atoms. The molecular formula is C24H29N7O4. The lowest BCUT2D eigenvalue weighted by molar-refractivity contribution is -0.136. The summed E-state index contributed by atoms with van der Waals surface area (Å²) in [5.74, 6) is -0.895. The van der Waals surface area contributed by atoms with Crippen LogP contribution in [0, 0.1) is 6.92 Å². The smallest absolute Gasteiger partial charge is 0.262 e. The van der Waals surface area contributed by atoms with Crippen molar-refractivity contribution in [3.05, 3.63) is 46.1 Å². The number of rotatable bonds is 6. The zero-order valence-corrected chi connectivity index (χ0v) is 19.9. The van der Waals surface area contributed by atoms with Gasteiger partial charge in [0.05, 0.1) is 16.8 Å². The SMILES string of the molecule is Cc1nn(C)c(N2CCNCC2)c1CNCc1cccc2c1C(=O)N(C1CCC(=O)NC1=O)C2=O. The Morgan fingerprint density at radius 2 is 1.86 bits per heavy atom. The zero-order valence-electron chi connectivity index (χ0n) is 19.9. The molecule has 0 bridgehead atoms. The summed E-state index contributed by atoms with van der Waals surface area (Å²) in [6.07, 6.45) is 0.233. The lowest BCUT2D eigenvalue weighted by Gasteiger charge is -2.30. The third kappa shape index (κ3) is 4.10. The van der Waals surface area contributed by atoms with Gasteiger partial charge >= 0.3 is 0 Å². The Hall–Kier alpha value is -3.57. The summed E-state index contributed by atoms with van der Waals surface area (Å²) in [4.78, 5) is 53.5. The minimum atomic E-state index is -0.972. The van der Waals surface area contributed by atoms with E-state index in [1.54, 1.807) is 12.1 Å². The highest BCUT2D eigenvalue weighted by Crippen LogP contribution is 2.30. The molecule has 11 nitrogen and oxygen atoms in total. The van der Waals surface area contributed by atoms with Crippen molar-refractivity contribution in [3.8, 4) is 0 Å². The average molecular weight is 480 g/mol. The second kappa shape index (κ2) is 9.23. The van der Waals surface area contributed by atoms with Crippen molar-refractivity contribution in [2.75, 3.05) is 31.1 Å². The van der Waals surface area contributed by atoms with Crippen LogP contribution in [0.2, 0.25) is 0 Å². The first-order valence-electron chi connectivity index (χ1n) is 11.9. The van der Waals surface area contributed by atoms with Gasteiger partial charge < -0.3 is 15.5 Å². The van der Waals surface area contributed by atoms with E-state index in [1.165, 1.54) is 0 Å². The number of imide groups is 2. The largest absolute Gasteiger partial charge is 0.354 e. The van der Waals surface area contributed by atoms with E-state index in [4.69, 9.17) is 0 Å². The van der Waals surface area contributed by atoms with Gasteiger partial charge in [0.25, 0.3) is 11.8 Å². The summed E-state index contributed by atoms with van der Waals surface area (Å²) in [6, 6.07) is 4.20. The molecule has 2 saturated heterocycles. The normalized spacial score (nSPS) is 20.5. The van der Waals surface area contributed by atoms with E-state index in [0.29, 0.717) is 24.2 Å². The summed E-state index contributed by atoms with van der Waals surface area (Å²) in [6.45, 7) is 6.58. The topological polar surface area (TPSA) is 129 Å². The molecule has 2 fully saturated rings. The van der Waals surface area contributed by atoms with Crippen LogP contribution in [0.15, 0.2) is 18.2 Å². The number of piperazine rings is 1. The number of anilines is 1. The van der Waals surface area contributed by atoms with Gasteiger partial charge in [0.1, 0.15) is 11.9 Å². The fourth-order valence-electron chi connectivity index (χ4n) is 5.22. The van der Waals surface area contributed by atoms with Gasteiger partial charge in [0.15, 0.2) is 0 Å². The Morgan fingerprint density at radius 1 is 1.09 bits per heavy atom. The molecule has 11 heteroatoms. The van der Waals surface area contributed by atoms with Gasteiger partial charge in [-0.25, -0.2) is 0 Å². The summed E-state index contributed by atoms with van der Waals surface area (Å²) < 4.78 is 1.91. The lowest BCUT2D eigenvalue weighted by Crippen LogP contribution is -2.54. The van der Waals surface area contributed by atoms with Gasteiger partial charge in [-0.1, -0.05) is 12.1 Å². The molecule has 2 aromatic rings. The van der Waals surface area contributed by atoms with Crippen LogP contribution >= 0.6 is 0 Å². The Bertz CT molecular complexity index is 1210. The number of hydrogen-bond donors (Lipinski definition) is 3. The van der Waals surface area contributed by atoms with Crippen molar-refractivity contribution in [1.82, 2.24) is 30.6 Å². The monoisotopic (exact) mass is 479 g/mol. The van der Waals surface area contributed by atoms with Gasteiger partial charge in [-0.3, -0.25) is 34.1 Å². The molecule has 0 spiro atoms. The van der Waals surface area contributed by atoms with Gasteiger partial charge in [0.2, 0.25) is 11.8 Å². The Balaban J connectivity index is 1.33. The molecular weight excluding hydrogens is 450 g/mol. The van der Waals surface area contributed by atoms with Crippen molar-refractivity contribution >= 4 is 29.4 Å². The molecule has 184 valence electrons. The first kappa shape index (κ1) is 23.2. The number of carbonyl (C=O) groups is 4. The second-order valence-corrected chi connectivity index (χ2v) is 9.14. The molecule has 5 rings (SSSR count). The number of benzene rings is 1. The van der Waals surface area contributed by atoms with Crippen LogP contribution in [-0.2, 0) is 29.7 Å². The van der Waals surface area contributed by atoms with Gasteiger partial charge in [-0.05, 0) is 25.0 Å². The molecule has 4 heterocycles. The summed E-state index contributed by atoms with van der Waals surface area (Å²) in [5.41, 5.74) is 3.36. The second-order valence-electron chi connectivity index (χ2n) is 9.14. The first-order valence-corrected chi connectivity index (χ1v) is 11.9. The van der Waals surface area contributed by atoms with Crippen LogP contribution < -0.4 is 20.9 Å². The van der Waals surface area contributed by atoms with E-state index in [2.05, 4.69) is 25.9 Å². The molecule has 4 amide bonds. The minimum absolute atomic E-state index is 0.0953. The number of nitrogens with zero attached hydrogens (tertiary/aromatic N) is 4. The molecule has 3 N–H and O–H groups in total. The fourth-order valence-corrected chi connectivity index (χ4v) is 5.22. The molecule has 0 saturated carbocycles. The number of piperidine rings is 1. The van der Waals surface area contributed by atoms with Crippen molar-refractivity contribution in [3.63, 3.8) is 0 Å². The molecule has 3 aliphatic heterocycles. The number of carbonyl (C=O) groups excluding carboxylic acids is 4. The van der Waals surface area contributed by atoms with Crippen molar-refractivity contribution in [1.29, 1.82) is 0 Å². The van der Waals surface area contributed by atoms with E-state index < -0.39 is 29.7 Å². The number of fused-ring (bicyclic) bond motifs is 1. The minimum Gasteiger partial charge on any atom is -0.354 e. The number of aryl methyl sites for hydroxylation is 2. The van der Waals surface area contributed by atoms with Crippen LogP contribution in [0.4, 0.5) is 5.82 Å². The predicted molar refractivity (Wildman–Crippen MR) is 127 cm³/mol. The highest BCUT2D eigenvalue weighted by molar-refractivity contribution is 6.24. The average Bonchev–Trinajstić information content (AvgIpc) is 3.27. The summed E-state index contributed by atoms with van der Waals surface area (Å²) in [5, 5.41) is 13.6. The zero-order chi connectivity index (χ0) is 24.7. The first-order chi connectivity index (χ1) is 16.9. The van der Waals surface area contributed by atoms with Crippen molar-refractivity contribution in [2.45, 2.75) is 38.9 Å². The Morgan fingerprint density at radius 3 is 2.60 bits per heavy atom. The van der Waals surface area contributed by atoms with Gasteiger partial charge in [-0.15, -0.1) is 0 Å². The Kier molecular flexibility index (Phi) is 6.12. The van der Waals surface area contributed by atoms with E-state index in [-0.39, 0.29) is 18.4 Å². The summed E-state index contributed by atoms with van der Waals surface area (Å²) in [7, 11) is 1.95. The number of nitrogens with one attached hydrogen (secondary N) is 3. The molecule has 1 aromatic heterocycles. The molecule has 0 radical (unpaired) electrons. The maximum Gasteiger partial charge on any atom is 0.262 e. The fraction of sp³-hybridized carbons (Fsp3) is 0.458. The quantitative estimate of drug-likeness (QED) is 0.487. The molecule has 0 aliphatic carbocycles. The lowest BCUT2D eigenvalue weighted by atomic mass is 10.0. The maximum absolute atomic E-state index is 13.3. The van der Waals surface area contributed by atoms with E-state index in [9.17, 15) is 19.2 Å². The van der Waals surface area contributed by atoms with Crippen molar-refractivity contribution in [2.24, 2.45) is 7.05 Å². The van der Waals surface area contributed by atoms with Crippen LogP contribution in [0.25, 0.3) is 0 Å². The number of hydrogen-bond acceptors (Lipinski definition) is 8. The van der Waals surface area contributed by atoms with E-state index in [1.807, 2.05) is 24.7 Å². The predicted octanol–water partition coefficient (Wildman–Crippen LogP) is -0.171. The number of amides is 4. The Labute approximate surface area is 202 Å². The van der Waals surface area contributed by atoms with Crippen LogP contribution in [0.1, 0.15) is 50.4 Å². The van der Waals surface area contributed by atoms with E-state index in [0.717, 1.165) is 48.2 Å². The summed E-state index contributed by atoms with van der Waals surface area (Å²) >= 11 is 0. The third-order valence-corrected chi connectivity index (χ3v) is 6.90. The van der Waals surface area contributed by atoms with Crippen LogP contribution in [-0.4, -0.2) is 70.5 Å². The highest BCUT2D eigenvalue weighted by atomic mass is 16.2. The van der Waals surface area contributed by atoms with Crippen LogP contribution in [0.3, 0.4) is 0 Å². The molecule has 1 aromatic carbocycles. The van der Waals surface area contributed by atoms with Crippen LogP contribution in [0.5, 0.6) is 0 Å². The maximum atomic E-state index is 13.3.